The topological polar surface area (TPSA) is 92.4 Å². The molecular formula is C21H22N6OS. The number of aromatic nitrogens is 6. The Labute approximate surface area is 172 Å². The standard InChI is InChI=1S/C21H22N6OS/c1-10(2)19-23-20(27-26-19)21-22-18-14-9-13(17-11(3)24-25-12(17)4)5-6-15(14)28-8-7-16(18)29-21/h5-6,9-10H,7-8H2,1-4H3,(H,24,25)(H,23,26,27). The van der Waals surface area contributed by atoms with E-state index >= 15 is 0 Å². The van der Waals surface area contributed by atoms with E-state index in [2.05, 4.69) is 51.4 Å². The molecule has 1 aromatic carbocycles. The average molecular weight is 407 g/mol. The van der Waals surface area contributed by atoms with Crippen molar-refractivity contribution in [1.29, 1.82) is 0 Å². The molecule has 5 rings (SSSR count). The van der Waals surface area contributed by atoms with Gasteiger partial charge in [-0.15, -0.1) is 11.3 Å². The van der Waals surface area contributed by atoms with Crippen molar-refractivity contribution in [3.8, 4) is 39.0 Å². The van der Waals surface area contributed by atoms with Gasteiger partial charge >= 0.3 is 0 Å². The summed E-state index contributed by atoms with van der Waals surface area (Å²) in [5.41, 5.74) is 6.26. The van der Waals surface area contributed by atoms with Crippen LogP contribution in [0.25, 0.3) is 33.2 Å². The van der Waals surface area contributed by atoms with Gasteiger partial charge in [-0.3, -0.25) is 10.2 Å². The Morgan fingerprint density at radius 1 is 1.10 bits per heavy atom. The minimum atomic E-state index is 0.298. The highest BCUT2D eigenvalue weighted by Gasteiger charge is 2.24. The van der Waals surface area contributed by atoms with Gasteiger partial charge in [0.1, 0.15) is 11.6 Å². The Hall–Kier alpha value is -3.00. The van der Waals surface area contributed by atoms with Crippen LogP contribution < -0.4 is 4.74 Å². The van der Waals surface area contributed by atoms with Crippen molar-refractivity contribution in [2.75, 3.05) is 6.61 Å². The van der Waals surface area contributed by atoms with Crippen LogP contribution in [0.3, 0.4) is 0 Å². The summed E-state index contributed by atoms with van der Waals surface area (Å²) in [7, 11) is 0. The van der Waals surface area contributed by atoms with Gasteiger partial charge in [0.15, 0.2) is 5.01 Å². The average Bonchev–Trinajstić information content (AvgIpc) is 3.39. The van der Waals surface area contributed by atoms with E-state index in [1.54, 1.807) is 11.3 Å². The summed E-state index contributed by atoms with van der Waals surface area (Å²) in [6, 6.07) is 6.28. The minimum absolute atomic E-state index is 0.298. The van der Waals surface area contributed by atoms with Crippen LogP contribution >= 0.6 is 11.3 Å². The lowest BCUT2D eigenvalue weighted by Crippen LogP contribution is -1.97. The second-order valence-electron chi connectivity index (χ2n) is 7.61. The lowest BCUT2D eigenvalue weighted by molar-refractivity contribution is 0.327. The third-order valence-electron chi connectivity index (χ3n) is 5.18. The van der Waals surface area contributed by atoms with Gasteiger partial charge in [-0.2, -0.15) is 10.2 Å². The Bertz CT molecular complexity index is 1180. The number of aryl methyl sites for hydroxylation is 2. The van der Waals surface area contributed by atoms with Gasteiger partial charge < -0.3 is 4.74 Å². The third kappa shape index (κ3) is 3.04. The molecule has 7 nitrogen and oxygen atoms in total. The maximum absolute atomic E-state index is 6.01. The molecule has 0 radical (unpaired) electrons. The Kier molecular flexibility index (Phi) is 4.24. The predicted octanol–water partition coefficient (Wildman–Crippen LogP) is 4.66. The number of ether oxygens (including phenoxy) is 1. The van der Waals surface area contributed by atoms with E-state index in [1.807, 2.05) is 19.9 Å². The first-order valence-corrected chi connectivity index (χ1v) is 10.5. The molecule has 4 heterocycles. The van der Waals surface area contributed by atoms with Crippen molar-refractivity contribution in [3.63, 3.8) is 0 Å². The lowest BCUT2D eigenvalue weighted by atomic mass is 9.99. The van der Waals surface area contributed by atoms with Gasteiger partial charge in [0.2, 0.25) is 5.82 Å². The molecule has 0 saturated heterocycles. The number of H-pyrrole nitrogens is 2. The number of hydrogen-bond acceptors (Lipinski definition) is 6. The van der Waals surface area contributed by atoms with Crippen molar-refractivity contribution >= 4 is 11.3 Å². The van der Waals surface area contributed by atoms with Crippen molar-refractivity contribution < 1.29 is 4.74 Å². The number of fused-ring (bicyclic) bond motifs is 3. The number of hydrogen-bond donors (Lipinski definition) is 2. The molecule has 8 heteroatoms. The zero-order valence-corrected chi connectivity index (χ0v) is 17.6. The Morgan fingerprint density at radius 3 is 2.69 bits per heavy atom. The van der Waals surface area contributed by atoms with Crippen molar-refractivity contribution in [1.82, 2.24) is 30.4 Å². The summed E-state index contributed by atoms with van der Waals surface area (Å²) in [5.74, 6) is 2.70. The summed E-state index contributed by atoms with van der Waals surface area (Å²) < 4.78 is 6.01. The van der Waals surface area contributed by atoms with E-state index in [0.29, 0.717) is 18.3 Å². The molecule has 0 spiro atoms. The number of rotatable bonds is 3. The molecule has 2 N–H and O–H groups in total. The quantitative estimate of drug-likeness (QED) is 0.516. The monoisotopic (exact) mass is 406 g/mol. The van der Waals surface area contributed by atoms with E-state index in [-0.39, 0.29) is 0 Å². The smallest absolute Gasteiger partial charge is 0.210 e. The normalized spacial score (nSPS) is 13.1. The van der Waals surface area contributed by atoms with Crippen LogP contribution in [0.4, 0.5) is 0 Å². The number of nitrogens with one attached hydrogen (secondary N) is 2. The van der Waals surface area contributed by atoms with Crippen LogP contribution in [-0.4, -0.2) is 37.0 Å². The number of nitrogens with zero attached hydrogens (tertiary/aromatic N) is 4. The molecule has 1 aliphatic rings. The molecule has 4 aromatic rings. The molecule has 29 heavy (non-hydrogen) atoms. The highest BCUT2D eigenvalue weighted by Crippen LogP contribution is 2.42. The summed E-state index contributed by atoms with van der Waals surface area (Å²) in [5, 5.41) is 15.7. The first kappa shape index (κ1) is 18.1. The minimum Gasteiger partial charge on any atom is -0.493 e. The second-order valence-corrected chi connectivity index (χ2v) is 8.69. The van der Waals surface area contributed by atoms with Crippen LogP contribution in [0, 0.1) is 13.8 Å². The maximum atomic E-state index is 6.01. The molecule has 0 bridgehead atoms. The summed E-state index contributed by atoms with van der Waals surface area (Å²) in [6.45, 7) is 8.88. The fourth-order valence-electron chi connectivity index (χ4n) is 3.68. The van der Waals surface area contributed by atoms with Crippen molar-refractivity contribution in [2.24, 2.45) is 0 Å². The van der Waals surface area contributed by atoms with Gasteiger partial charge in [0.05, 0.1) is 18.0 Å². The van der Waals surface area contributed by atoms with E-state index in [4.69, 9.17) is 9.72 Å². The van der Waals surface area contributed by atoms with E-state index < -0.39 is 0 Å². The molecule has 1 aliphatic heterocycles. The van der Waals surface area contributed by atoms with E-state index in [9.17, 15) is 0 Å². The van der Waals surface area contributed by atoms with Gasteiger partial charge in [-0.25, -0.2) is 9.97 Å². The highest BCUT2D eigenvalue weighted by molar-refractivity contribution is 7.15. The molecule has 0 aliphatic carbocycles. The highest BCUT2D eigenvalue weighted by atomic mass is 32.1. The molecule has 0 saturated carbocycles. The summed E-state index contributed by atoms with van der Waals surface area (Å²) in [4.78, 5) is 10.8. The van der Waals surface area contributed by atoms with Crippen molar-refractivity contribution in [3.05, 3.63) is 40.3 Å². The molecule has 0 unspecified atom stereocenters. The summed E-state index contributed by atoms with van der Waals surface area (Å²) in [6.07, 6.45) is 0.822. The van der Waals surface area contributed by atoms with Crippen LogP contribution in [0.15, 0.2) is 18.2 Å². The maximum Gasteiger partial charge on any atom is 0.210 e. The predicted molar refractivity (Wildman–Crippen MR) is 113 cm³/mol. The second kappa shape index (κ2) is 6.81. The zero-order chi connectivity index (χ0) is 20.1. The lowest BCUT2D eigenvalue weighted by Gasteiger charge is -2.10. The Morgan fingerprint density at radius 2 is 1.97 bits per heavy atom. The molecule has 148 valence electrons. The van der Waals surface area contributed by atoms with Gasteiger partial charge in [0, 0.05) is 34.0 Å². The van der Waals surface area contributed by atoms with E-state index in [1.165, 1.54) is 4.88 Å². The fourth-order valence-corrected chi connectivity index (χ4v) is 4.67. The third-order valence-corrected chi connectivity index (χ3v) is 6.29. The number of aromatic amines is 2. The van der Waals surface area contributed by atoms with Crippen LogP contribution in [0.1, 0.15) is 41.9 Å². The Balaban J connectivity index is 1.63. The zero-order valence-electron chi connectivity index (χ0n) is 16.8. The van der Waals surface area contributed by atoms with E-state index in [0.717, 1.165) is 56.8 Å². The van der Waals surface area contributed by atoms with Gasteiger partial charge in [-0.05, 0) is 31.5 Å². The first-order chi connectivity index (χ1) is 14.0. The summed E-state index contributed by atoms with van der Waals surface area (Å²) >= 11 is 1.65. The first-order valence-electron chi connectivity index (χ1n) is 9.72. The fraction of sp³-hybridized carbons (Fsp3) is 0.333. The van der Waals surface area contributed by atoms with Gasteiger partial charge in [-0.1, -0.05) is 19.9 Å². The molecule has 0 atom stereocenters. The number of thiazole rings is 1. The molecule has 0 fully saturated rings. The van der Waals surface area contributed by atoms with Crippen molar-refractivity contribution in [2.45, 2.75) is 40.0 Å². The SMILES string of the molecule is Cc1n[nH]c(C)c1-c1ccc2c(c1)-c1nc(-c3n[nH]c(C(C)C)n3)sc1CCO2. The molecule has 0 amide bonds. The molecular weight excluding hydrogens is 384 g/mol. The van der Waals surface area contributed by atoms with Crippen LogP contribution in [0.5, 0.6) is 5.75 Å². The number of benzene rings is 1. The molecule has 3 aromatic heterocycles. The van der Waals surface area contributed by atoms with Gasteiger partial charge in [0.25, 0.3) is 0 Å². The largest absolute Gasteiger partial charge is 0.493 e. The van der Waals surface area contributed by atoms with Crippen LogP contribution in [0.2, 0.25) is 0 Å². The van der Waals surface area contributed by atoms with Crippen LogP contribution in [-0.2, 0) is 6.42 Å².